The maximum absolute atomic E-state index is 12.3. The van der Waals surface area contributed by atoms with Gasteiger partial charge in [0.15, 0.2) is 9.84 Å². The van der Waals surface area contributed by atoms with Crippen LogP contribution in [0.25, 0.3) is 0 Å². The van der Waals surface area contributed by atoms with Crippen molar-refractivity contribution in [2.45, 2.75) is 17.4 Å². The van der Waals surface area contributed by atoms with Gasteiger partial charge in [-0.05, 0) is 17.7 Å². The largest absolute Gasteiger partial charge is 0.391 e. The van der Waals surface area contributed by atoms with Gasteiger partial charge in [-0.3, -0.25) is 0 Å². The van der Waals surface area contributed by atoms with Crippen molar-refractivity contribution >= 4 is 15.5 Å². The number of oxime groups is 1. The van der Waals surface area contributed by atoms with E-state index >= 15 is 0 Å². The zero-order chi connectivity index (χ0) is 14.7. The third-order valence-electron chi connectivity index (χ3n) is 3.35. The van der Waals surface area contributed by atoms with E-state index in [1.165, 1.54) is 0 Å². The van der Waals surface area contributed by atoms with Crippen LogP contribution in [-0.4, -0.2) is 26.0 Å². The zero-order valence-corrected chi connectivity index (χ0v) is 12.2. The second-order valence-electron chi connectivity index (χ2n) is 4.93. The van der Waals surface area contributed by atoms with Gasteiger partial charge in [0.25, 0.3) is 0 Å². The van der Waals surface area contributed by atoms with Gasteiger partial charge >= 0.3 is 0 Å². The van der Waals surface area contributed by atoms with Gasteiger partial charge in [0, 0.05) is 6.42 Å². The lowest BCUT2D eigenvalue weighted by atomic mass is 10.1. The average Bonchev–Trinajstić information content (AvgIpc) is 2.97. The summed E-state index contributed by atoms with van der Waals surface area (Å²) in [5.41, 5.74) is 1.76. The molecule has 1 aliphatic heterocycles. The summed E-state index contributed by atoms with van der Waals surface area (Å²) in [4.78, 5) is 5.61. The molecule has 0 N–H and O–H groups in total. The van der Waals surface area contributed by atoms with Gasteiger partial charge in [0.05, 0.1) is 16.4 Å². The summed E-state index contributed by atoms with van der Waals surface area (Å²) in [7, 11) is -3.35. The Hall–Kier alpha value is -2.14. The quantitative estimate of drug-likeness (QED) is 0.872. The highest BCUT2D eigenvalue weighted by Gasteiger charge is 2.28. The van der Waals surface area contributed by atoms with Crippen LogP contribution in [0.4, 0.5) is 0 Å². The molecule has 1 aliphatic rings. The van der Waals surface area contributed by atoms with Crippen molar-refractivity contribution in [2.24, 2.45) is 5.16 Å². The Morgan fingerprint density at radius 3 is 2.29 bits per heavy atom. The molecule has 2 aromatic carbocycles. The lowest BCUT2D eigenvalue weighted by molar-refractivity contribution is 0.102. The number of rotatable bonds is 4. The molecule has 0 bridgehead atoms. The van der Waals surface area contributed by atoms with Crippen LogP contribution in [-0.2, 0) is 14.7 Å². The van der Waals surface area contributed by atoms with Crippen LogP contribution in [0, 0.1) is 0 Å². The summed E-state index contributed by atoms with van der Waals surface area (Å²) >= 11 is 0. The predicted molar refractivity (Wildman–Crippen MR) is 81.0 cm³/mol. The minimum atomic E-state index is -3.35. The van der Waals surface area contributed by atoms with Crippen LogP contribution in [0.2, 0.25) is 0 Å². The number of hydrogen-bond acceptors (Lipinski definition) is 4. The van der Waals surface area contributed by atoms with Crippen molar-refractivity contribution in [3.63, 3.8) is 0 Å². The Bertz CT molecular complexity index is 740. The molecule has 5 heteroatoms. The van der Waals surface area contributed by atoms with Crippen LogP contribution in [0.5, 0.6) is 0 Å². The van der Waals surface area contributed by atoms with Crippen molar-refractivity contribution in [1.29, 1.82) is 0 Å². The topological polar surface area (TPSA) is 55.7 Å². The minimum absolute atomic E-state index is 0.0587. The molecule has 3 rings (SSSR count). The molecule has 0 spiro atoms. The van der Waals surface area contributed by atoms with Crippen molar-refractivity contribution in [3.8, 4) is 0 Å². The molecule has 1 heterocycles. The van der Waals surface area contributed by atoms with Gasteiger partial charge in [-0.2, -0.15) is 0 Å². The molecule has 2 aromatic rings. The second kappa shape index (κ2) is 5.69. The van der Waals surface area contributed by atoms with Crippen molar-refractivity contribution in [2.75, 3.05) is 5.75 Å². The van der Waals surface area contributed by atoms with Crippen molar-refractivity contribution < 1.29 is 13.3 Å². The molecule has 0 saturated carbocycles. The summed E-state index contributed by atoms with van der Waals surface area (Å²) in [5, 5.41) is 4.02. The van der Waals surface area contributed by atoms with Gasteiger partial charge in [-0.25, -0.2) is 8.42 Å². The molecule has 0 saturated heterocycles. The summed E-state index contributed by atoms with van der Waals surface area (Å²) in [6.07, 6.45) is 0.0845. The Balaban J connectivity index is 1.69. The van der Waals surface area contributed by atoms with Gasteiger partial charge < -0.3 is 4.84 Å². The maximum atomic E-state index is 12.3. The van der Waals surface area contributed by atoms with E-state index in [4.69, 9.17) is 4.84 Å². The molecular formula is C16H15NO3S. The summed E-state index contributed by atoms with van der Waals surface area (Å²) < 4.78 is 24.6. The minimum Gasteiger partial charge on any atom is -0.391 e. The monoisotopic (exact) mass is 301 g/mol. The molecule has 0 amide bonds. The molecule has 21 heavy (non-hydrogen) atoms. The third kappa shape index (κ3) is 3.13. The fourth-order valence-electron chi connectivity index (χ4n) is 2.29. The second-order valence-corrected chi connectivity index (χ2v) is 6.96. The van der Waals surface area contributed by atoms with Crippen LogP contribution in [0.1, 0.15) is 12.0 Å². The Morgan fingerprint density at radius 1 is 1.00 bits per heavy atom. The summed E-state index contributed by atoms with van der Waals surface area (Å²) in [5.74, 6) is -0.0587. The molecule has 0 aromatic heterocycles. The van der Waals surface area contributed by atoms with E-state index in [2.05, 4.69) is 5.16 Å². The molecule has 4 nitrogen and oxygen atoms in total. The SMILES string of the molecule is O=S(=O)(CC1CC(c2ccccc2)=NO1)c1ccccc1. The molecular weight excluding hydrogens is 286 g/mol. The molecule has 0 aliphatic carbocycles. The number of hydrogen-bond donors (Lipinski definition) is 0. The fraction of sp³-hybridized carbons (Fsp3) is 0.188. The first-order valence-corrected chi connectivity index (χ1v) is 8.36. The number of sulfone groups is 1. The summed E-state index contributed by atoms with van der Waals surface area (Å²) in [6, 6.07) is 18.1. The molecule has 0 fully saturated rings. The van der Waals surface area contributed by atoms with E-state index in [-0.39, 0.29) is 5.75 Å². The zero-order valence-electron chi connectivity index (χ0n) is 11.3. The smallest absolute Gasteiger partial charge is 0.182 e. The fourth-order valence-corrected chi connectivity index (χ4v) is 3.72. The van der Waals surface area contributed by atoms with E-state index in [1.807, 2.05) is 30.3 Å². The average molecular weight is 301 g/mol. The lowest BCUT2D eigenvalue weighted by Crippen LogP contribution is -2.21. The number of nitrogens with zero attached hydrogens (tertiary/aromatic N) is 1. The molecule has 1 atom stereocenters. The highest BCUT2D eigenvalue weighted by Crippen LogP contribution is 2.20. The van der Waals surface area contributed by atoms with Gasteiger partial charge in [0.1, 0.15) is 6.10 Å². The molecule has 1 unspecified atom stereocenters. The Labute approximate surface area is 124 Å². The highest BCUT2D eigenvalue weighted by atomic mass is 32.2. The van der Waals surface area contributed by atoms with Crippen LogP contribution < -0.4 is 0 Å². The van der Waals surface area contributed by atoms with Crippen LogP contribution in [0.3, 0.4) is 0 Å². The Kier molecular flexibility index (Phi) is 3.75. The van der Waals surface area contributed by atoms with Crippen LogP contribution in [0.15, 0.2) is 70.7 Å². The van der Waals surface area contributed by atoms with Gasteiger partial charge in [-0.1, -0.05) is 53.7 Å². The Morgan fingerprint density at radius 2 is 1.62 bits per heavy atom. The van der Waals surface area contributed by atoms with Crippen molar-refractivity contribution in [1.82, 2.24) is 0 Å². The third-order valence-corrected chi connectivity index (χ3v) is 5.15. The van der Waals surface area contributed by atoms with Gasteiger partial charge in [0.2, 0.25) is 0 Å². The van der Waals surface area contributed by atoms with E-state index < -0.39 is 15.9 Å². The van der Waals surface area contributed by atoms with Crippen LogP contribution >= 0.6 is 0 Å². The first-order chi connectivity index (χ1) is 10.1. The first-order valence-electron chi connectivity index (χ1n) is 6.71. The molecule has 0 radical (unpaired) electrons. The first kappa shape index (κ1) is 13.8. The van der Waals surface area contributed by atoms with E-state index in [0.717, 1.165) is 11.3 Å². The van der Waals surface area contributed by atoms with Crippen molar-refractivity contribution in [3.05, 3.63) is 66.2 Å². The number of benzene rings is 2. The standard InChI is InChI=1S/C16H15NO3S/c18-21(19,15-9-5-2-6-10-15)12-14-11-16(17-20-14)13-7-3-1-4-8-13/h1-10,14H,11-12H2. The molecule has 108 valence electrons. The summed E-state index contributed by atoms with van der Waals surface area (Å²) in [6.45, 7) is 0. The highest BCUT2D eigenvalue weighted by molar-refractivity contribution is 7.91. The van der Waals surface area contributed by atoms with E-state index in [9.17, 15) is 8.42 Å². The normalized spacial score (nSPS) is 18.1. The predicted octanol–water partition coefficient (Wildman–Crippen LogP) is 2.65. The van der Waals surface area contributed by atoms with Gasteiger partial charge in [-0.15, -0.1) is 0 Å². The lowest BCUT2D eigenvalue weighted by Gasteiger charge is -2.09. The van der Waals surface area contributed by atoms with E-state index in [1.54, 1.807) is 30.3 Å². The van der Waals surface area contributed by atoms with E-state index in [0.29, 0.717) is 11.3 Å². The maximum Gasteiger partial charge on any atom is 0.182 e.